The van der Waals surface area contributed by atoms with Crippen LogP contribution in [0.3, 0.4) is 0 Å². The van der Waals surface area contributed by atoms with Gasteiger partial charge in [-0.25, -0.2) is 0 Å². The first-order valence-electron chi connectivity index (χ1n) is 8.02. The van der Waals surface area contributed by atoms with Gasteiger partial charge in [0, 0.05) is 12.8 Å². The molecule has 0 aliphatic rings. The second-order valence-corrected chi connectivity index (χ2v) is 6.62. The number of amides is 1. The van der Waals surface area contributed by atoms with Gasteiger partial charge in [-0.1, -0.05) is 53.8 Å². The van der Waals surface area contributed by atoms with Crippen LogP contribution in [-0.4, -0.2) is 23.2 Å². The van der Waals surface area contributed by atoms with E-state index in [9.17, 15) is 4.79 Å². The Kier molecular flexibility index (Phi) is 5.74. The number of hydrogen-bond acceptors (Lipinski definition) is 5. The molecule has 2 aromatic carbocycles. The normalized spacial score (nSPS) is 10.4. The predicted octanol–water partition coefficient (Wildman–Crippen LogP) is 3.71. The summed E-state index contributed by atoms with van der Waals surface area (Å²) in [5, 5.41) is 12.4. The Bertz CT molecular complexity index is 816. The molecular formula is C19H19N3O2S. The van der Waals surface area contributed by atoms with Crippen molar-refractivity contribution in [1.82, 2.24) is 10.2 Å². The van der Waals surface area contributed by atoms with Crippen molar-refractivity contribution in [2.24, 2.45) is 0 Å². The highest BCUT2D eigenvalue weighted by atomic mass is 32.1. The van der Waals surface area contributed by atoms with Gasteiger partial charge in [-0.2, -0.15) is 0 Å². The second-order valence-electron chi connectivity index (χ2n) is 5.56. The van der Waals surface area contributed by atoms with Gasteiger partial charge >= 0.3 is 0 Å². The molecule has 1 N–H and O–H groups in total. The summed E-state index contributed by atoms with van der Waals surface area (Å²) in [6, 6.07) is 17.8. The summed E-state index contributed by atoms with van der Waals surface area (Å²) in [5.41, 5.74) is 2.27. The molecule has 1 amide bonds. The van der Waals surface area contributed by atoms with Crippen molar-refractivity contribution in [3.05, 3.63) is 70.7 Å². The molecule has 3 rings (SSSR count). The first kappa shape index (κ1) is 17.1. The summed E-state index contributed by atoms with van der Waals surface area (Å²) in [6.07, 6.45) is 1.82. The molecule has 6 heteroatoms. The Labute approximate surface area is 150 Å². The van der Waals surface area contributed by atoms with E-state index in [1.54, 1.807) is 7.11 Å². The molecule has 0 spiro atoms. The number of anilines is 1. The van der Waals surface area contributed by atoms with Crippen LogP contribution >= 0.6 is 11.3 Å². The van der Waals surface area contributed by atoms with Gasteiger partial charge in [-0.3, -0.25) is 4.79 Å². The molecule has 0 saturated carbocycles. The second kappa shape index (κ2) is 8.39. The lowest BCUT2D eigenvalue weighted by molar-refractivity contribution is -0.116. The number of methoxy groups -OCH3 is 1. The van der Waals surface area contributed by atoms with Crippen LogP contribution in [0.25, 0.3) is 0 Å². The third-order valence-electron chi connectivity index (χ3n) is 3.71. The molecule has 0 bridgehead atoms. The SMILES string of the molecule is COc1ccc(Cc2nnc(NC(=O)CCc3ccccc3)s2)cc1. The third-order valence-corrected chi connectivity index (χ3v) is 4.55. The van der Waals surface area contributed by atoms with Crippen molar-refractivity contribution in [3.63, 3.8) is 0 Å². The maximum atomic E-state index is 12.0. The van der Waals surface area contributed by atoms with E-state index in [1.807, 2.05) is 54.6 Å². The van der Waals surface area contributed by atoms with Crippen molar-refractivity contribution in [1.29, 1.82) is 0 Å². The number of hydrogen-bond donors (Lipinski definition) is 1. The van der Waals surface area contributed by atoms with E-state index < -0.39 is 0 Å². The summed E-state index contributed by atoms with van der Waals surface area (Å²) in [6.45, 7) is 0. The summed E-state index contributed by atoms with van der Waals surface area (Å²) >= 11 is 1.40. The molecule has 0 aliphatic carbocycles. The molecule has 5 nitrogen and oxygen atoms in total. The standard InChI is InChI=1S/C19H19N3O2S/c1-24-16-10-7-15(8-11-16)13-18-21-22-19(25-18)20-17(23)12-9-14-5-3-2-4-6-14/h2-8,10-11H,9,12-13H2,1H3,(H,20,22,23). The molecule has 3 aromatic rings. The minimum absolute atomic E-state index is 0.0454. The smallest absolute Gasteiger partial charge is 0.226 e. The fourth-order valence-electron chi connectivity index (χ4n) is 2.38. The molecule has 25 heavy (non-hydrogen) atoms. The minimum Gasteiger partial charge on any atom is -0.497 e. The largest absolute Gasteiger partial charge is 0.497 e. The first-order chi connectivity index (χ1) is 12.2. The maximum absolute atomic E-state index is 12.0. The lowest BCUT2D eigenvalue weighted by Crippen LogP contribution is -2.12. The summed E-state index contributed by atoms with van der Waals surface area (Å²) < 4.78 is 5.15. The molecule has 0 unspecified atom stereocenters. The molecule has 1 heterocycles. The van der Waals surface area contributed by atoms with Gasteiger partial charge in [-0.15, -0.1) is 10.2 Å². The van der Waals surface area contributed by atoms with E-state index in [0.29, 0.717) is 24.4 Å². The predicted molar refractivity (Wildman–Crippen MR) is 99.1 cm³/mol. The highest BCUT2D eigenvalue weighted by Gasteiger charge is 2.09. The van der Waals surface area contributed by atoms with E-state index in [1.165, 1.54) is 11.3 Å². The Balaban J connectivity index is 1.51. The molecule has 1 aromatic heterocycles. The highest BCUT2D eigenvalue weighted by Crippen LogP contribution is 2.20. The summed E-state index contributed by atoms with van der Waals surface area (Å²) in [7, 11) is 1.65. The average molecular weight is 353 g/mol. The summed E-state index contributed by atoms with van der Waals surface area (Å²) in [5.74, 6) is 0.781. The van der Waals surface area contributed by atoms with Crippen LogP contribution < -0.4 is 10.1 Å². The van der Waals surface area contributed by atoms with E-state index >= 15 is 0 Å². The third kappa shape index (κ3) is 5.12. The lowest BCUT2D eigenvalue weighted by Gasteiger charge is -2.02. The maximum Gasteiger partial charge on any atom is 0.226 e. The molecule has 128 valence electrons. The fourth-order valence-corrected chi connectivity index (χ4v) is 3.17. The molecule has 0 atom stereocenters. The van der Waals surface area contributed by atoms with Crippen LogP contribution in [-0.2, 0) is 17.6 Å². The zero-order valence-corrected chi connectivity index (χ0v) is 14.8. The van der Waals surface area contributed by atoms with Crippen LogP contribution in [0.1, 0.15) is 22.6 Å². The van der Waals surface area contributed by atoms with Crippen molar-refractivity contribution < 1.29 is 9.53 Å². The molecule has 0 saturated heterocycles. The minimum atomic E-state index is -0.0454. The number of carbonyl (C=O) groups is 1. The van der Waals surface area contributed by atoms with E-state index in [2.05, 4.69) is 15.5 Å². The Morgan fingerprint density at radius 1 is 1.04 bits per heavy atom. The Morgan fingerprint density at radius 3 is 2.52 bits per heavy atom. The van der Waals surface area contributed by atoms with Crippen molar-refractivity contribution in [2.45, 2.75) is 19.3 Å². The number of carbonyl (C=O) groups excluding carboxylic acids is 1. The number of aryl methyl sites for hydroxylation is 1. The van der Waals surface area contributed by atoms with E-state index in [-0.39, 0.29) is 5.91 Å². The van der Waals surface area contributed by atoms with Crippen LogP contribution in [0.5, 0.6) is 5.75 Å². The van der Waals surface area contributed by atoms with Gasteiger partial charge in [0.1, 0.15) is 10.8 Å². The number of benzene rings is 2. The number of nitrogens with one attached hydrogen (secondary N) is 1. The van der Waals surface area contributed by atoms with E-state index in [0.717, 1.165) is 21.9 Å². The molecule has 0 radical (unpaired) electrons. The topological polar surface area (TPSA) is 64.1 Å². The molecule has 0 aliphatic heterocycles. The van der Waals surface area contributed by atoms with E-state index in [4.69, 9.17) is 4.74 Å². The zero-order valence-electron chi connectivity index (χ0n) is 13.9. The van der Waals surface area contributed by atoms with Crippen LogP contribution in [0, 0.1) is 0 Å². The Hall–Kier alpha value is -2.73. The van der Waals surface area contributed by atoms with Crippen molar-refractivity contribution >= 4 is 22.4 Å². The van der Waals surface area contributed by atoms with Gasteiger partial charge in [0.15, 0.2) is 0 Å². The number of ether oxygens (including phenoxy) is 1. The van der Waals surface area contributed by atoms with Crippen molar-refractivity contribution in [2.75, 3.05) is 12.4 Å². The fraction of sp³-hybridized carbons (Fsp3) is 0.211. The average Bonchev–Trinajstić information content (AvgIpc) is 3.08. The first-order valence-corrected chi connectivity index (χ1v) is 8.83. The molecule has 0 fully saturated rings. The van der Waals surface area contributed by atoms with Gasteiger partial charge in [0.05, 0.1) is 7.11 Å². The van der Waals surface area contributed by atoms with Gasteiger partial charge < -0.3 is 10.1 Å². The summed E-state index contributed by atoms with van der Waals surface area (Å²) in [4.78, 5) is 12.0. The van der Waals surface area contributed by atoms with Gasteiger partial charge in [0.2, 0.25) is 11.0 Å². The quantitative estimate of drug-likeness (QED) is 0.703. The van der Waals surface area contributed by atoms with Crippen LogP contribution in [0.4, 0.5) is 5.13 Å². The number of nitrogens with zero attached hydrogens (tertiary/aromatic N) is 2. The van der Waals surface area contributed by atoms with Gasteiger partial charge in [0.25, 0.3) is 0 Å². The van der Waals surface area contributed by atoms with Crippen LogP contribution in [0.15, 0.2) is 54.6 Å². The zero-order chi connectivity index (χ0) is 17.5. The van der Waals surface area contributed by atoms with Crippen molar-refractivity contribution in [3.8, 4) is 5.75 Å². The monoisotopic (exact) mass is 353 g/mol. The lowest BCUT2D eigenvalue weighted by atomic mass is 10.1. The van der Waals surface area contributed by atoms with Gasteiger partial charge in [-0.05, 0) is 29.7 Å². The van der Waals surface area contributed by atoms with Crippen LogP contribution in [0.2, 0.25) is 0 Å². The molecular weight excluding hydrogens is 334 g/mol. The Morgan fingerprint density at radius 2 is 1.80 bits per heavy atom. The highest BCUT2D eigenvalue weighted by molar-refractivity contribution is 7.15. The number of rotatable bonds is 7. The number of aromatic nitrogens is 2.